The molecule has 0 atom stereocenters. The van der Waals surface area contributed by atoms with Gasteiger partial charge in [-0.15, -0.1) is 0 Å². The molecule has 0 aliphatic carbocycles. The first kappa shape index (κ1) is 22.9. The van der Waals surface area contributed by atoms with Crippen molar-refractivity contribution in [1.29, 1.82) is 0 Å². The van der Waals surface area contributed by atoms with Crippen molar-refractivity contribution in [3.8, 4) is 5.75 Å². The molecule has 1 heterocycles. The van der Waals surface area contributed by atoms with Gasteiger partial charge in [-0.25, -0.2) is 0 Å². The summed E-state index contributed by atoms with van der Waals surface area (Å²) >= 11 is 0. The molecule has 1 N–H and O–H groups in total. The number of likely N-dealkylation sites (tertiary alicyclic amines) is 1. The fraction of sp³-hybridized carbons (Fsp3) is 0.269. The molecular weight excluding hydrogens is 408 g/mol. The minimum atomic E-state index is -0.0554. The Kier molecular flexibility index (Phi) is 8.51. The zero-order chi connectivity index (χ0) is 20.6. The van der Waals surface area contributed by atoms with Crippen molar-refractivity contribution in [3.63, 3.8) is 0 Å². The van der Waals surface area contributed by atoms with Crippen molar-refractivity contribution in [2.24, 2.45) is 0 Å². The molecule has 1 fully saturated rings. The van der Waals surface area contributed by atoms with E-state index in [1.807, 2.05) is 60.7 Å². The third-order valence-electron chi connectivity index (χ3n) is 5.54. The first-order valence-corrected chi connectivity index (χ1v) is 10.6. The SMILES string of the molecule is O=C(NC1CCN(Cc2ccccc2)CC1)c1ccccc1OCc1ccccc1.[Cl-]. The van der Waals surface area contributed by atoms with Crippen LogP contribution in [0.1, 0.15) is 34.3 Å². The quantitative estimate of drug-likeness (QED) is 0.613. The Morgan fingerprint density at radius 3 is 2.10 bits per heavy atom. The molecule has 0 unspecified atom stereocenters. The van der Waals surface area contributed by atoms with Gasteiger partial charge >= 0.3 is 0 Å². The Morgan fingerprint density at radius 2 is 1.42 bits per heavy atom. The summed E-state index contributed by atoms with van der Waals surface area (Å²) in [4.78, 5) is 15.4. The van der Waals surface area contributed by atoms with Gasteiger partial charge < -0.3 is 22.5 Å². The lowest BCUT2D eigenvalue weighted by Crippen LogP contribution is -3.00. The summed E-state index contributed by atoms with van der Waals surface area (Å²) in [7, 11) is 0. The number of rotatable bonds is 7. The smallest absolute Gasteiger partial charge is 0.255 e. The van der Waals surface area contributed by atoms with Crippen molar-refractivity contribution in [2.45, 2.75) is 32.0 Å². The lowest BCUT2D eigenvalue weighted by Gasteiger charge is -2.32. The number of carbonyl (C=O) groups is 1. The lowest BCUT2D eigenvalue weighted by molar-refractivity contribution is -0.0000156. The maximum Gasteiger partial charge on any atom is 0.255 e. The molecule has 0 spiro atoms. The Labute approximate surface area is 190 Å². The highest BCUT2D eigenvalue weighted by atomic mass is 35.5. The van der Waals surface area contributed by atoms with Crippen molar-refractivity contribution in [2.75, 3.05) is 13.1 Å². The van der Waals surface area contributed by atoms with Crippen molar-refractivity contribution >= 4 is 5.91 Å². The van der Waals surface area contributed by atoms with Gasteiger partial charge in [-0.3, -0.25) is 9.69 Å². The van der Waals surface area contributed by atoms with Gasteiger partial charge in [0.15, 0.2) is 0 Å². The number of piperidine rings is 1. The van der Waals surface area contributed by atoms with E-state index in [0.717, 1.165) is 38.0 Å². The van der Waals surface area contributed by atoms with Crippen LogP contribution in [-0.4, -0.2) is 29.9 Å². The Bertz CT molecular complexity index is 942. The van der Waals surface area contributed by atoms with Gasteiger partial charge in [0.25, 0.3) is 5.91 Å². The largest absolute Gasteiger partial charge is 1.00 e. The summed E-state index contributed by atoms with van der Waals surface area (Å²) in [5, 5.41) is 3.21. The number of hydrogen-bond donors (Lipinski definition) is 1. The number of para-hydroxylation sites is 1. The van der Waals surface area contributed by atoms with Gasteiger partial charge in [-0.1, -0.05) is 72.8 Å². The van der Waals surface area contributed by atoms with Gasteiger partial charge in [0.2, 0.25) is 0 Å². The van der Waals surface area contributed by atoms with Crippen LogP contribution in [0.2, 0.25) is 0 Å². The Hall–Kier alpha value is -2.82. The molecule has 1 amide bonds. The van der Waals surface area contributed by atoms with Gasteiger partial charge in [0, 0.05) is 25.7 Å². The van der Waals surface area contributed by atoms with Gasteiger partial charge in [0.05, 0.1) is 5.56 Å². The molecule has 4 nitrogen and oxygen atoms in total. The average Bonchev–Trinajstić information content (AvgIpc) is 2.80. The van der Waals surface area contributed by atoms with E-state index in [1.54, 1.807) is 0 Å². The van der Waals surface area contributed by atoms with E-state index in [9.17, 15) is 4.79 Å². The van der Waals surface area contributed by atoms with Gasteiger partial charge in [-0.2, -0.15) is 0 Å². The van der Waals surface area contributed by atoms with Crippen molar-refractivity contribution < 1.29 is 21.9 Å². The van der Waals surface area contributed by atoms with Crippen LogP contribution in [0.25, 0.3) is 0 Å². The van der Waals surface area contributed by atoms with Gasteiger partial charge in [0.1, 0.15) is 12.4 Å². The summed E-state index contributed by atoms with van der Waals surface area (Å²) in [5.74, 6) is 0.570. The van der Waals surface area contributed by atoms with Crippen LogP contribution in [-0.2, 0) is 13.2 Å². The first-order chi connectivity index (χ1) is 14.8. The molecule has 4 rings (SSSR count). The Morgan fingerprint density at radius 1 is 0.839 bits per heavy atom. The van der Waals surface area contributed by atoms with E-state index in [1.165, 1.54) is 5.56 Å². The second-order valence-electron chi connectivity index (χ2n) is 7.78. The van der Waals surface area contributed by atoms with Gasteiger partial charge in [-0.05, 0) is 36.1 Å². The van der Waals surface area contributed by atoms with Crippen LogP contribution in [0.15, 0.2) is 84.9 Å². The molecule has 1 aliphatic rings. The summed E-state index contributed by atoms with van der Waals surface area (Å²) in [6, 6.07) is 28.2. The topological polar surface area (TPSA) is 41.6 Å². The highest BCUT2D eigenvalue weighted by Gasteiger charge is 2.22. The number of hydrogen-bond acceptors (Lipinski definition) is 3. The predicted octanol–water partition coefficient (Wildman–Crippen LogP) is 1.66. The molecule has 1 aliphatic heterocycles. The second-order valence-corrected chi connectivity index (χ2v) is 7.78. The number of carbonyl (C=O) groups excluding carboxylic acids is 1. The summed E-state index contributed by atoms with van der Waals surface area (Å²) < 4.78 is 5.95. The minimum Gasteiger partial charge on any atom is -1.00 e. The van der Waals surface area contributed by atoms with Crippen molar-refractivity contribution in [1.82, 2.24) is 10.2 Å². The maximum absolute atomic E-state index is 12.9. The number of benzene rings is 3. The zero-order valence-corrected chi connectivity index (χ0v) is 18.3. The molecule has 31 heavy (non-hydrogen) atoms. The zero-order valence-electron chi connectivity index (χ0n) is 17.5. The van der Waals surface area contributed by atoms with E-state index in [-0.39, 0.29) is 24.4 Å². The average molecular weight is 436 g/mol. The monoisotopic (exact) mass is 435 g/mol. The van der Waals surface area contributed by atoms with Crippen LogP contribution in [0, 0.1) is 0 Å². The molecule has 162 valence electrons. The normalized spacial score (nSPS) is 14.5. The number of nitrogens with zero attached hydrogens (tertiary/aromatic N) is 1. The molecule has 0 aromatic heterocycles. The molecule has 0 radical (unpaired) electrons. The summed E-state index contributed by atoms with van der Waals surface area (Å²) in [6.45, 7) is 3.40. The van der Waals surface area contributed by atoms with E-state index in [2.05, 4.69) is 34.5 Å². The lowest BCUT2D eigenvalue weighted by atomic mass is 10.0. The maximum atomic E-state index is 12.9. The standard InChI is InChI=1S/C26H28N2O2.ClH/c29-26(24-13-7-8-14-25(24)30-20-22-11-5-2-6-12-22)27-23-15-17-28(18-16-23)19-21-9-3-1-4-10-21;/h1-14,23H,15-20H2,(H,27,29);1H/p-1. The van der Waals surface area contributed by atoms with E-state index in [0.29, 0.717) is 17.9 Å². The first-order valence-electron chi connectivity index (χ1n) is 10.6. The third kappa shape index (κ3) is 6.58. The molecular formula is C26H28ClN2O2-. The van der Waals surface area contributed by atoms with E-state index < -0.39 is 0 Å². The molecule has 1 saturated heterocycles. The number of halogens is 1. The van der Waals surface area contributed by atoms with Crippen LogP contribution in [0.5, 0.6) is 5.75 Å². The molecule has 0 saturated carbocycles. The third-order valence-corrected chi connectivity index (χ3v) is 5.54. The minimum absolute atomic E-state index is 0. The molecule has 0 bridgehead atoms. The van der Waals surface area contributed by atoms with E-state index >= 15 is 0 Å². The second kappa shape index (κ2) is 11.5. The number of ether oxygens (including phenoxy) is 1. The van der Waals surface area contributed by atoms with Crippen LogP contribution >= 0.6 is 0 Å². The molecule has 5 heteroatoms. The highest BCUT2D eigenvalue weighted by molar-refractivity contribution is 5.97. The summed E-state index contributed by atoms with van der Waals surface area (Å²) in [6.07, 6.45) is 1.93. The fourth-order valence-electron chi connectivity index (χ4n) is 3.86. The molecule has 3 aromatic rings. The van der Waals surface area contributed by atoms with E-state index in [4.69, 9.17) is 4.74 Å². The fourth-order valence-corrected chi connectivity index (χ4v) is 3.86. The van der Waals surface area contributed by atoms with Crippen LogP contribution < -0.4 is 22.5 Å². The van der Waals surface area contributed by atoms with Crippen LogP contribution in [0.4, 0.5) is 0 Å². The predicted molar refractivity (Wildman–Crippen MR) is 119 cm³/mol. The number of amides is 1. The van der Waals surface area contributed by atoms with Crippen molar-refractivity contribution in [3.05, 3.63) is 102 Å². The van der Waals surface area contributed by atoms with Crippen LogP contribution in [0.3, 0.4) is 0 Å². The molecule has 3 aromatic carbocycles. The number of nitrogens with one attached hydrogen (secondary N) is 1. The Balaban J connectivity index is 0.00000272. The summed E-state index contributed by atoms with van der Waals surface area (Å²) in [5.41, 5.74) is 3.02. The highest BCUT2D eigenvalue weighted by Crippen LogP contribution is 2.21.